The van der Waals surface area contributed by atoms with Crippen LogP contribution in [0.4, 0.5) is 5.95 Å². The summed E-state index contributed by atoms with van der Waals surface area (Å²) in [6.45, 7) is 6.35. The molecule has 1 fully saturated rings. The number of fused-ring (bicyclic) bond motifs is 1. The van der Waals surface area contributed by atoms with Crippen molar-refractivity contribution in [3.63, 3.8) is 0 Å². The van der Waals surface area contributed by atoms with Crippen molar-refractivity contribution >= 4 is 22.9 Å². The SMILES string of the molecule is CC1CCC(C)N1C(C)C(=O)Nc1nc2ccccc2[nH]1. The number of aromatic amines is 1. The van der Waals surface area contributed by atoms with Gasteiger partial charge in [-0.3, -0.25) is 15.0 Å². The normalized spacial score (nSPS) is 24.3. The largest absolute Gasteiger partial charge is 0.324 e. The molecule has 1 saturated heterocycles. The van der Waals surface area contributed by atoms with E-state index in [1.165, 1.54) is 0 Å². The van der Waals surface area contributed by atoms with Gasteiger partial charge in [-0.15, -0.1) is 0 Å². The van der Waals surface area contributed by atoms with Gasteiger partial charge in [0.25, 0.3) is 0 Å². The highest BCUT2D eigenvalue weighted by molar-refractivity contribution is 5.94. The van der Waals surface area contributed by atoms with E-state index in [0.29, 0.717) is 18.0 Å². The lowest BCUT2D eigenvalue weighted by Crippen LogP contribution is -2.47. The Morgan fingerprint density at radius 3 is 2.67 bits per heavy atom. The van der Waals surface area contributed by atoms with Gasteiger partial charge >= 0.3 is 0 Å². The molecule has 5 nitrogen and oxygen atoms in total. The minimum atomic E-state index is -0.147. The number of aromatic nitrogens is 2. The number of nitrogens with one attached hydrogen (secondary N) is 2. The third kappa shape index (κ3) is 2.65. The Morgan fingerprint density at radius 1 is 1.33 bits per heavy atom. The smallest absolute Gasteiger partial charge is 0.243 e. The molecule has 1 aliphatic rings. The summed E-state index contributed by atoms with van der Waals surface area (Å²) in [6.07, 6.45) is 2.31. The van der Waals surface area contributed by atoms with Crippen LogP contribution in [0, 0.1) is 0 Å². The minimum Gasteiger partial charge on any atom is -0.324 e. The molecule has 0 aliphatic carbocycles. The van der Waals surface area contributed by atoms with Gasteiger partial charge in [-0.1, -0.05) is 12.1 Å². The Morgan fingerprint density at radius 2 is 2.00 bits per heavy atom. The molecule has 2 heterocycles. The predicted octanol–water partition coefficient (Wildman–Crippen LogP) is 2.76. The van der Waals surface area contributed by atoms with Crippen molar-refractivity contribution in [1.82, 2.24) is 14.9 Å². The number of anilines is 1. The summed E-state index contributed by atoms with van der Waals surface area (Å²) in [5.74, 6) is 0.516. The second-order valence-electron chi connectivity index (χ2n) is 5.99. The number of carbonyl (C=O) groups is 1. The van der Waals surface area contributed by atoms with Crippen molar-refractivity contribution in [3.8, 4) is 0 Å². The lowest BCUT2D eigenvalue weighted by Gasteiger charge is -2.31. The van der Waals surface area contributed by atoms with E-state index in [9.17, 15) is 4.79 Å². The summed E-state index contributed by atoms with van der Waals surface area (Å²) >= 11 is 0. The number of rotatable bonds is 3. The number of likely N-dealkylation sites (tertiary alicyclic amines) is 1. The van der Waals surface area contributed by atoms with Crippen LogP contribution in [-0.2, 0) is 4.79 Å². The van der Waals surface area contributed by atoms with Gasteiger partial charge in [0.2, 0.25) is 11.9 Å². The molecule has 2 aromatic rings. The lowest BCUT2D eigenvalue weighted by molar-refractivity contribution is -0.121. The van der Waals surface area contributed by atoms with Crippen LogP contribution in [0.1, 0.15) is 33.6 Å². The molecular formula is C16H22N4O. The molecule has 3 rings (SSSR count). The zero-order valence-electron chi connectivity index (χ0n) is 12.8. The van der Waals surface area contributed by atoms with Crippen LogP contribution in [0.15, 0.2) is 24.3 Å². The molecule has 2 N–H and O–H groups in total. The second-order valence-corrected chi connectivity index (χ2v) is 5.99. The zero-order chi connectivity index (χ0) is 15.0. The molecule has 1 aromatic carbocycles. The van der Waals surface area contributed by atoms with E-state index >= 15 is 0 Å². The molecule has 0 spiro atoms. The molecule has 1 amide bonds. The molecule has 21 heavy (non-hydrogen) atoms. The van der Waals surface area contributed by atoms with Crippen molar-refractivity contribution in [1.29, 1.82) is 0 Å². The maximum Gasteiger partial charge on any atom is 0.243 e. The van der Waals surface area contributed by atoms with E-state index in [1.54, 1.807) is 0 Å². The fraction of sp³-hybridized carbons (Fsp3) is 0.500. The molecule has 5 heteroatoms. The highest BCUT2D eigenvalue weighted by Crippen LogP contribution is 2.26. The van der Waals surface area contributed by atoms with Crippen LogP contribution in [0.3, 0.4) is 0 Å². The third-order valence-electron chi connectivity index (χ3n) is 4.48. The number of amides is 1. The number of H-pyrrole nitrogens is 1. The Labute approximate surface area is 124 Å². The molecule has 0 saturated carbocycles. The minimum absolute atomic E-state index is 0.00495. The van der Waals surface area contributed by atoms with Gasteiger partial charge in [0.15, 0.2) is 0 Å². The van der Waals surface area contributed by atoms with Crippen LogP contribution >= 0.6 is 0 Å². The fourth-order valence-electron chi connectivity index (χ4n) is 3.35. The summed E-state index contributed by atoms with van der Waals surface area (Å²) in [5, 5.41) is 2.90. The molecule has 1 aromatic heterocycles. The Kier molecular flexibility index (Phi) is 3.68. The molecule has 0 radical (unpaired) electrons. The molecule has 3 unspecified atom stereocenters. The zero-order valence-corrected chi connectivity index (χ0v) is 12.8. The monoisotopic (exact) mass is 286 g/mol. The third-order valence-corrected chi connectivity index (χ3v) is 4.48. The van der Waals surface area contributed by atoms with Crippen LogP contribution < -0.4 is 5.32 Å². The summed E-state index contributed by atoms with van der Waals surface area (Å²) in [6, 6.07) is 8.52. The van der Waals surface area contributed by atoms with Gasteiger partial charge in [0.1, 0.15) is 0 Å². The first-order valence-electron chi connectivity index (χ1n) is 7.59. The average molecular weight is 286 g/mol. The van der Waals surface area contributed by atoms with Crippen LogP contribution in [0.2, 0.25) is 0 Å². The van der Waals surface area contributed by atoms with Crippen molar-refractivity contribution in [3.05, 3.63) is 24.3 Å². The van der Waals surface area contributed by atoms with E-state index in [4.69, 9.17) is 0 Å². The van der Waals surface area contributed by atoms with Crippen molar-refractivity contribution in [2.24, 2.45) is 0 Å². The van der Waals surface area contributed by atoms with Crippen LogP contribution in [0.25, 0.3) is 11.0 Å². The fourth-order valence-corrected chi connectivity index (χ4v) is 3.35. The number of hydrogen-bond donors (Lipinski definition) is 2. The summed E-state index contributed by atoms with van der Waals surface area (Å²) < 4.78 is 0. The lowest BCUT2D eigenvalue weighted by atomic mass is 10.2. The summed E-state index contributed by atoms with van der Waals surface area (Å²) in [5.41, 5.74) is 1.80. The molecule has 112 valence electrons. The Bertz CT molecular complexity index is 608. The Hall–Kier alpha value is -1.88. The highest BCUT2D eigenvalue weighted by Gasteiger charge is 2.34. The predicted molar refractivity (Wildman–Crippen MR) is 84.2 cm³/mol. The number of nitrogens with zero attached hydrogens (tertiary/aromatic N) is 2. The number of para-hydroxylation sites is 2. The van der Waals surface area contributed by atoms with E-state index in [2.05, 4.69) is 34.0 Å². The standard InChI is InChI=1S/C16H22N4O/c1-10-8-9-11(2)20(10)12(3)15(21)19-16-17-13-6-4-5-7-14(13)18-16/h4-7,10-12H,8-9H2,1-3H3,(H2,17,18,19,21). The first-order chi connectivity index (χ1) is 10.1. The van der Waals surface area contributed by atoms with E-state index in [1.807, 2.05) is 31.2 Å². The van der Waals surface area contributed by atoms with Crippen molar-refractivity contribution in [2.75, 3.05) is 5.32 Å². The quantitative estimate of drug-likeness (QED) is 0.912. The van der Waals surface area contributed by atoms with E-state index < -0.39 is 0 Å². The maximum atomic E-state index is 12.5. The second kappa shape index (κ2) is 5.48. The number of carbonyl (C=O) groups excluding carboxylic acids is 1. The first kappa shape index (κ1) is 14.1. The van der Waals surface area contributed by atoms with Crippen LogP contribution in [0.5, 0.6) is 0 Å². The van der Waals surface area contributed by atoms with E-state index in [-0.39, 0.29) is 11.9 Å². The average Bonchev–Trinajstić information content (AvgIpc) is 3.01. The van der Waals surface area contributed by atoms with Gasteiger partial charge in [-0.05, 0) is 45.7 Å². The topological polar surface area (TPSA) is 61.0 Å². The van der Waals surface area contributed by atoms with Crippen molar-refractivity contribution in [2.45, 2.75) is 51.7 Å². The molecular weight excluding hydrogens is 264 g/mol. The van der Waals surface area contributed by atoms with Gasteiger partial charge < -0.3 is 4.98 Å². The van der Waals surface area contributed by atoms with E-state index in [0.717, 1.165) is 23.9 Å². The van der Waals surface area contributed by atoms with Gasteiger partial charge in [0.05, 0.1) is 17.1 Å². The van der Waals surface area contributed by atoms with Gasteiger partial charge in [0, 0.05) is 12.1 Å². The molecule has 0 bridgehead atoms. The van der Waals surface area contributed by atoms with Gasteiger partial charge in [-0.25, -0.2) is 4.98 Å². The summed E-state index contributed by atoms with van der Waals surface area (Å²) in [4.78, 5) is 22.3. The highest BCUT2D eigenvalue weighted by atomic mass is 16.2. The van der Waals surface area contributed by atoms with Gasteiger partial charge in [-0.2, -0.15) is 0 Å². The number of imidazole rings is 1. The number of hydrogen-bond acceptors (Lipinski definition) is 3. The molecule has 3 atom stereocenters. The maximum absolute atomic E-state index is 12.5. The number of benzene rings is 1. The van der Waals surface area contributed by atoms with Crippen LogP contribution in [-0.4, -0.2) is 38.9 Å². The first-order valence-corrected chi connectivity index (χ1v) is 7.59. The molecule has 1 aliphatic heterocycles. The van der Waals surface area contributed by atoms with Crippen molar-refractivity contribution < 1.29 is 4.79 Å². The summed E-state index contributed by atoms with van der Waals surface area (Å²) in [7, 11) is 0. The Balaban J connectivity index is 1.73.